The Bertz CT molecular complexity index is 1510. The van der Waals surface area contributed by atoms with Gasteiger partial charge in [-0.05, 0) is 66.9 Å². The molecule has 2 aromatic carbocycles. The molecule has 0 radical (unpaired) electrons. The number of aryl methyl sites for hydroxylation is 1. The van der Waals surface area contributed by atoms with Crippen molar-refractivity contribution in [3.8, 4) is 0 Å². The van der Waals surface area contributed by atoms with E-state index < -0.39 is 8.32 Å². The number of nitrogens with zero attached hydrogens (tertiary/aromatic N) is 2. The third kappa shape index (κ3) is 5.51. The Kier molecular flexibility index (Phi) is 7.11. The van der Waals surface area contributed by atoms with Crippen LogP contribution in [0.5, 0.6) is 0 Å². The molecule has 0 atom stereocenters. The molecule has 1 aliphatic carbocycles. The van der Waals surface area contributed by atoms with Crippen LogP contribution in [0.4, 0.5) is 17.1 Å². The van der Waals surface area contributed by atoms with Gasteiger partial charge in [0.15, 0.2) is 0 Å². The van der Waals surface area contributed by atoms with Crippen molar-refractivity contribution in [3.05, 3.63) is 83.0 Å². The van der Waals surface area contributed by atoms with Crippen LogP contribution >= 0.6 is 11.3 Å². The van der Waals surface area contributed by atoms with Crippen LogP contribution < -0.4 is 10.6 Å². The van der Waals surface area contributed by atoms with Gasteiger partial charge in [-0.25, -0.2) is 0 Å². The van der Waals surface area contributed by atoms with Crippen LogP contribution in [0.25, 0.3) is 10.1 Å². The van der Waals surface area contributed by atoms with Crippen LogP contribution in [-0.4, -0.2) is 24.9 Å². The van der Waals surface area contributed by atoms with E-state index in [4.69, 9.17) is 4.53 Å². The van der Waals surface area contributed by atoms with Gasteiger partial charge in [0.1, 0.15) is 0 Å². The van der Waals surface area contributed by atoms with Gasteiger partial charge in [0, 0.05) is 39.6 Å². The minimum Gasteiger partial charge on any atom is -0.455 e. The number of amides is 1. The molecular weight excluding hydrogens is 509 g/mol. The summed E-state index contributed by atoms with van der Waals surface area (Å²) in [5.41, 5.74) is 6.21. The molecule has 196 valence electrons. The number of para-hydroxylation sites is 1. The van der Waals surface area contributed by atoms with Crippen molar-refractivity contribution in [3.63, 3.8) is 0 Å². The van der Waals surface area contributed by atoms with E-state index in [-0.39, 0.29) is 17.4 Å². The van der Waals surface area contributed by atoms with Gasteiger partial charge >= 0.3 is 0 Å². The average molecular weight is 543 g/mol. The van der Waals surface area contributed by atoms with E-state index >= 15 is 0 Å². The smallest absolute Gasteiger partial charge is 0.286 e. The second-order valence-corrected chi connectivity index (χ2v) is 17.1. The molecule has 0 bridgehead atoms. The maximum Gasteiger partial charge on any atom is 0.286 e. The summed E-state index contributed by atoms with van der Waals surface area (Å²) < 4.78 is 7.21. The van der Waals surface area contributed by atoms with E-state index in [1.165, 1.54) is 5.56 Å². The molecule has 2 N–H and O–H groups in total. The Morgan fingerprint density at radius 3 is 2.63 bits per heavy atom. The fraction of sp³-hybridized carbons (Fsp3) is 0.300. The molecule has 8 heteroatoms. The number of carbonyl (C=O) groups is 1. The quantitative estimate of drug-likeness (QED) is 0.184. The summed E-state index contributed by atoms with van der Waals surface area (Å²) in [6, 6.07) is 18.0. The first kappa shape index (κ1) is 26.1. The molecule has 6 nitrogen and oxygen atoms in total. The number of oxime groups is 1. The number of carbonyl (C=O) groups excluding carboxylic acids is 1. The Morgan fingerprint density at radius 2 is 1.87 bits per heavy atom. The number of hydrogen-bond donors (Lipinski definition) is 2. The number of fused-ring (bicyclic) bond motifs is 2. The van der Waals surface area contributed by atoms with Gasteiger partial charge in [-0.3, -0.25) is 9.78 Å². The maximum atomic E-state index is 12.9. The normalized spacial score (nSPS) is 14.5. The summed E-state index contributed by atoms with van der Waals surface area (Å²) >= 11 is 1.60. The molecule has 0 fully saturated rings. The summed E-state index contributed by atoms with van der Waals surface area (Å²) in [6.45, 7) is 11.1. The number of anilines is 3. The van der Waals surface area contributed by atoms with Gasteiger partial charge in [0.05, 0.1) is 22.5 Å². The predicted molar refractivity (Wildman–Crippen MR) is 161 cm³/mol. The molecule has 2 aromatic heterocycles. The van der Waals surface area contributed by atoms with Crippen LogP contribution in [0.2, 0.25) is 18.1 Å². The molecule has 1 amide bonds. The molecule has 2 heterocycles. The molecule has 0 saturated heterocycles. The number of benzene rings is 2. The van der Waals surface area contributed by atoms with Gasteiger partial charge in [-0.2, -0.15) is 0 Å². The van der Waals surface area contributed by atoms with Gasteiger partial charge in [-0.15, -0.1) is 16.5 Å². The third-order valence-corrected chi connectivity index (χ3v) is 12.8. The van der Waals surface area contributed by atoms with Crippen molar-refractivity contribution >= 4 is 58.4 Å². The largest absolute Gasteiger partial charge is 0.455 e. The fourth-order valence-electron chi connectivity index (χ4n) is 4.23. The standard InChI is InChI=1S/C30H34N4O2SSi/c1-30(2,3)38(4,5)36-34-25-14-11-20-17-22(12-13-23(20)25)33-29-24-15-16-31-19-27(24)37-26(29)18-28(35)32-21-9-7-6-8-10-21/h6-10,12-13,15-17,19,33H,11,14,18H2,1-5H3,(H,32,35). The van der Waals surface area contributed by atoms with Crippen molar-refractivity contribution in [1.82, 2.24) is 4.98 Å². The molecule has 0 aliphatic heterocycles. The van der Waals surface area contributed by atoms with E-state index in [9.17, 15) is 4.79 Å². The van der Waals surface area contributed by atoms with Crippen LogP contribution in [0, 0.1) is 0 Å². The number of thiophene rings is 1. The molecule has 38 heavy (non-hydrogen) atoms. The number of nitrogens with one attached hydrogen (secondary N) is 2. The monoisotopic (exact) mass is 542 g/mol. The Morgan fingerprint density at radius 1 is 1.08 bits per heavy atom. The third-order valence-electron chi connectivity index (χ3n) is 7.45. The van der Waals surface area contributed by atoms with Crippen molar-refractivity contribution < 1.29 is 9.32 Å². The lowest BCUT2D eigenvalue weighted by Gasteiger charge is -2.33. The van der Waals surface area contributed by atoms with Crippen LogP contribution in [0.3, 0.4) is 0 Å². The van der Waals surface area contributed by atoms with E-state index in [2.05, 4.69) is 72.8 Å². The maximum absolute atomic E-state index is 12.9. The summed E-state index contributed by atoms with van der Waals surface area (Å²) in [4.78, 5) is 18.1. The lowest BCUT2D eigenvalue weighted by atomic mass is 10.1. The second kappa shape index (κ2) is 10.3. The number of aromatic nitrogens is 1. The first-order chi connectivity index (χ1) is 18.1. The highest BCUT2D eigenvalue weighted by Gasteiger charge is 2.40. The minimum absolute atomic E-state index is 0.0460. The zero-order valence-electron chi connectivity index (χ0n) is 22.6. The van der Waals surface area contributed by atoms with Crippen molar-refractivity contribution in [1.29, 1.82) is 0 Å². The van der Waals surface area contributed by atoms with Gasteiger partial charge in [-0.1, -0.05) is 45.0 Å². The summed E-state index contributed by atoms with van der Waals surface area (Å²) in [7, 11) is -1.96. The molecule has 4 aromatic rings. The molecule has 1 aliphatic rings. The van der Waals surface area contributed by atoms with Crippen LogP contribution in [0.1, 0.15) is 43.2 Å². The van der Waals surface area contributed by atoms with Crippen molar-refractivity contribution in [2.75, 3.05) is 10.6 Å². The molecule has 0 unspecified atom stereocenters. The molecule has 0 spiro atoms. The van der Waals surface area contributed by atoms with Gasteiger partial charge in [0.2, 0.25) is 5.91 Å². The fourth-order valence-corrected chi connectivity index (χ4v) is 5.97. The number of pyridine rings is 1. The highest BCUT2D eigenvalue weighted by Crippen LogP contribution is 2.39. The summed E-state index contributed by atoms with van der Waals surface area (Å²) in [6.07, 6.45) is 5.75. The lowest BCUT2D eigenvalue weighted by Crippen LogP contribution is -2.39. The van der Waals surface area contributed by atoms with Gasteiger partial charge < -0.3 is 15.2 Å². The van der Waals surface area contributed by atoms with E-state index in [1.807, 2.05) is 42.6 Å². The first-order valence-corrected chi connectivity index (χ1v) is 16.7. The van der Waals surface area contributed by atoms with E-state index in [1.54, 1.807) is 17.5 Å². The Hall–Kier alpha value is -3.49. The summed E-state index contributed by atoms with van der Waals surface area (Å²) in [5, 5.41) is 12.4. The van der Waals surface area contributed by atoms with Crippen LogP contribution in [-0.2, 0) is 22.2 Å². The highest BCUT2D eigenvalue weighted by atomic mass is 32.1. The zero-order chi connectivity index (χ0) is 26.9. The number of rotatable bonds is 7. The van der Waals surface area contributed by atoms with Gasteiger partial charge in [0.25, 0.3) is 8.32 Å². The molecular formula is C30H34N4O2SSi. The van der Waals surface area contributed by atoms with Crippen LogP contribution in [0.15, 0.2) is 72.1 Å². The Balaban J connectivity index is 1.38. The average Bonchev–Trinajstić information content (AvgIpc) is 3.43. The lowest BCUT2D eigenvalue weighted by molar-refractivity contribution is -0.115. The highest BCUT2D eigenvalue weighted by molar-refractivity contribution is 7.19. The van der Waals surface area contributed by atoms with Crippen molar-refractivity contribution in [2.24, 2.45) is 5.16 Å². The topological polar surface area (TPSA) is 75.6 Å². The van der Waals surface area contributed by atoms with E-state index in [0.717, 1.165) is 56.1 Å². The minimum atomic E-state index is -1.96. The Labute approximate surface area is 229 Å². The summed E-state index contributed by atoms with van der Waals surface area (Å²) in [5.74, 6) is -0.0460. The molecule has 0 saturated carbocycles. The predicted octanol–water partition coefficient (Wildman–Crippen LogP) is 7.89. The van der Waals surface area contributed by atoms with Crippen molar-refractivity contribution in [2.45, 2.75) is 58.2 Å². The van der Waals surface area contributed by atoms with E-state index in [0.29, 0.717) is 0 Å². The SMILES string of the molecule is CC(C)(C)[Si](C)(C)ON=C1CCc2cc(Nc3c(CC(=O)Nc4ccccc4)sc4cnccc34)ccc21. The zero-order valence-corrected chi connectivity index (χ0v) is 24.4. The second-order valence-electron chi connectivity index (χ2n) is 11.2. The number of hydrogen-bond acceptors (Lipinski definition) is 6. The molecule has 5 rings (SSSR count). The first-order valence-electron chi connectivity index (χ1n) is 13.0.